The van der Waals surface area contributed by atoms with Gasteiger partial charge in [-0.15, -0.1) is 11.8 Å². The lowest BCUT2D eigenvalue weighted by Crippen LogP contribution is -2.37. The number of carboxylic acid groups (broad SMARTS) is 2. The number of rotatable bonds is 46. The van der Waals surface area contributed by atoms with E-state index in [1.165, 1.54) is 45.6 Å². The molecule has 22 heteroatoms. The molecule has 0 aromatic heterocycles. The van der Waals surface area contributed by atoms with Crippen LogP contribution in [0.3, 0.4) is 0 Å². The van der Waals surface area contributed by atoms with Crippen LogP contribution in [0.15, 0.2) is 11.8 Å². The van der Waals surface area contributed by atoms with Gasteiger partial charge in [0.1, 0.15) is 25.0 Å². The number of nitrogens with one attached hydrogen (secondary N) is 6. The van der Waals surface area contributed by atoms with Gasteiger partial charge in [-0.25, -0.2) is 4.79 Å². The molecule has 0 radical (unpaired) electrons. The van der Waals surface area contributed by atoms with E-state index in [9.17, 15) is 47.9 Å². The van der Waals surface area contributed by atoms with Crippen LogP contribution in [0.4, 0.5) is 4.39 Å². The van der Waals surface area contributed by atoms with Crippen molar-refractivity contribution in [3.63, 3.8) is 0 Å². The van der Waals surface area contributed by atoms with Gasteiger partial charge in [0.25, 0.3) is 0 Å². The highest BCUT2D eigenvalue weighted by molar-refractivity contribution is 8.00. The van der Waals surface area contributed by atoms with Gasteiger partial charge in [0, 0.05) is 51.2 Å². The third-order valence-corrected chi connectivity index (χ3v) is 10.3. The molecule has 0 fully saturated rings. The molecule has 0 aliphatic rings. The Labute approximate surface area is 386 Å². The van der Waals surface area contributed by atoms with E-state index in [1.54, 1.807) is 0 Å². The largest absolute Gasteiger partial charge is 0.481 e. The molecule has 0 aliphatic carbocycles. The maximum absolute atomic E-state index is 12.7. The van der Waals surface area contributed by atoms with Gasteiger partial charge in [-0.2, -0.15) is 4.39 Å². The van der Waals surface area contributed by atoms with Gasteiger partial charge in [-0.05, 0) is 26.0 Å². The Morgan fingerprint density at radius 3 is 1.43 bits per heavy atom. The second kappa shape index (κ2) is 43.7. The average Bonchev–Trinajstić information content (AvgIpc) is 3.26. The van der Waals surface area contributed by atoms with Crippen molar-refractivity contribution in [3.8, 4) is 0 Å². The normalized spacial score (nSPS) is 11.7. The lowest BCUT2D eigenvalue weighted by Gasteiger charge is -2.10. The number of thioether (sulfide) groups is 1. The fraction of sp³-hybridized carbons (Fsp3) is 0.767. The predicted molar refractivity (Wildman–Crippen MR) is 242 cm³/mol. The Bertz CT molecular complexity index is 1400. The molecule has 0 saturated heterocycles. The van der Waals surface area contributed by atoms with Crippen LogP contribution in [0.25, 0.3) is 0 Å². The molecule has 0 spiro atoms. The highest BCUT2D eigenvalue weighted by atomic mass is 32.2. The molecule has 0 saturated carbocycles. The highest BCUT2D eigenvalue weighted by Gasteiger charge is 2.16. The van der Waals surface area contributed by atoms with Crippen molar-refractivity contribution in [2.24, 2.45) is 0 Å². The first-order valence-electron chi connectivity index (χ1n) is 22.6. The van der Waals surface area contributed by atoms with Gasteiger partial charge < -0.3 is 61.1 Å². The minimum Gasteiger partial charge on any atom is -0.481 e. The van der Waals surface area contributed by atoms with Crippen LogP contribution in [-0.4, -0.2) is 161 Å². The summed E-state index contributed by atoms with van der Waals surface area (Å²) in [6.07, 6.45) is 16.2. The summed E-state index contributed by atoms with van der Waals surface area (Å²) in [6.45, 7) is 1.38. The van der Waals surface area contributed by atoms with Gasteiger partial charge >= 0.3 is 18.0 Å². The summed E-state index contributed by atoms with van der Waals surface area (Å²) in [7, 11) is 1.45. The van der Waals surface area contributed by atoms with Crippen molar-refractivity contribution >= 4 is 59.3 Å². The average molecular weight is 951 g/mol. The zero-order valence-electron chi connectivity index (χ0n) is 38.2. The first-order valence-corrected chi connectivity index (χ1v) is 23.8. The third-order valence-electron chi connectivity index (χ3n) is 9.30. The van der Waals surface area contributed by atoms with Crippen LogP contribution in [-0.2, 0) is 57.3 Å². The molecule has 0 aromatic rings. The Hall–Kier alpha value is -4.22. The van der Waals surface area contributed by atoms with E-state index in [1.807, 2.05) is 0 Å². The molecular weight excluding hydrogens is 876 g/mol. The molecule has 0 heterocycles. The number of carbonyl (C=O) groups excluding carboxylic acids is 6. The second-order valence-corrected chi connectivity index (χ2v) is 15.9. The van der Waals surface area contributed by atoms with Gasteiger partial charge in [0.15, 0.2) is 0 Å². The fourth-order valence-electron chi connectivity index (χ4n) is 5.74. The summed E-state index contributed by atoms with van der Waals surface area (Å²) in [5.41, 5.74) is -0.345. The summed E-state index contributed by atoms with van der Waals surface area (Å²) >= 11 is 1.11. The Morgan fingerprint density at radius 2 is 0.969 bits per heavy atom. The maximum atomic E-state index is 12.7. The molecule has 5 amide bonds. The number of hydrogen-bond acceptors (Lipinski definition) is 14. The number of hydrogen-bond donors (Lipinski definition) is 8. The van der Waals surface area contributed by atoms with Crippen molar-refractivity contribution in [2.45, 2.75) is 115 Å². The zero-order chi connectivity index (χ0) is 48.2. The van der Waals surface area contributed by atoms with Crippen molar-refractivity contribution < 1.29 is 71.9 Å². The van der Waals surface area contributed by atoms with Gasteiger partial charge in [-0.1, -0.05) is 77.0 Å². The maximum Gasteiger partial charge on any atom is 0.352 e. The summed E-state index contributed by atoms with van der Waals surface area (Å²) in [5, 5.41) is 33.4. The first kappa shape index (κ1) is 60.8. The van der Waals surface area contributed by atoms with Crippen LogP contribution in [0.2, 0.25) is 0 Å². The number of unbranched alkanes of at least 4 members (excludes halogenated alkanes) is 13. The second-order valence-electron chi connectivity index (χ2n) is 14.9. The minimum absolute atomic E-state index is 0.0449. The zero-order valence-corrected chi connectivity index (χ0v) is 39.0. The number of carboxylic acids is 2. The third kappa shape index (κ3) is 42.2. The molecule has 0 bridgehead atoms. The number of aliphatic carboxylic acids is 2. The summed E-state index contributed by atoms with van der Waals surface area (Å²) in [4.78, 5) is 92.8. The van der Waals surface area contributed by atoms with E-state index in [2.05, 4.69) is 31.9 Å². The van der Waals surface area contributed by atoms with Crippen molar-refractivity contribution in [1.82, 2.24) is 31.9 Å². The van der Waals surface area contributed by atoms with Crippen LogP contribution in [0, 0.1) is 0 Å². The molecule has 0 aliphatic heterocycles. The van der Waals surface area contributed by atoms with Crippen molar-refractivity contribution in [1.29, 1.82) is 0 Å². The van der Waals surface area contributed by atoms with Gasteiger partial charge in [0.2, 0.25) is 29.5 Å². The molecule has 20 nitrogen and oxygen atoms in total. The number of likely N-dealkylation sites (N-methyl/N-ethyl adjacent to an activating group) is 1. The number of carbonyl (C=O) groups is 8. The summed E-state index contributed by atoms with van der Waals surface area (Å²) in [6, 6.07) is -2.45. The van der Waals surface area contributed by atoms with E-state index in [-0.39, 0.29) is 133 Å². The van der Waals surface area contributed by atoms with Crippen molar-refractivity contribution in [2.75, 3.05) is 97.6 Å². The lowest BCUT2D eigenvalue weighted by atomic mass is 10.0. The van der Waals surface area contributed by atoms with Crippen LogP contribution in [0.1, 0.15) is 109 Å². The van der Waals surface area contributed by atoms with Gasteiger partial charge in [-0.3, -0.25) is 33.6 Å². The Kier molecular flexibility index (Phi) is 40.8. The molecule has 0 unspecified atom stereocenters. The first-order chi connectivity index (χ1) is 31.3. The van der Waals surface area contributed by atoms with E-state index < -0.39 is 35.8 Å². The molecule has 0 rings (SSSR count). The van der Waals surface area contributed by atoms with E-state index in [0.29, 0.717) is 6.42 Å². The van der Waals surface area contributed by atoms with Gasteiger partial charge in [0.05, 0.1) is 45.4 Å². The van der Waals surface area contributed by atoms with E-state index >= 15 is 0 Å². The van der Waals surface area contributed by atoms with E-state index in [0.717, 1.165) is 62.8 Å². The van der Waals surface area contributed by atoms with E-state index in [4.69, 9.17) is 24.1 Å². The number of ether oxygens (including phenoxy) is 4. The molecule has 8 N–H and O–H groups in total. The van der Waals surface area contributed by atoms with Crippen LogP contribution < -0.4 is 31.9 Å². The quantitative estimate of drug-likeness (QED) is 0.0247. The smallest absolute Gasteiger partial charge is 0.352 e. The number of halogens is 1. The molecule has 374 valence electrons. The molecule has 65 heavy (non-hydrogen) atoms. The lowest BCUT2D eigenvalue weighted by molar-refractivity contribution is -0.137. The fourth-order valence-corrected chi connectivity index (χ4v) is 6.68. The predicted octanol–water partition coefficient (Wildman–Crippen LogP) is 2.14. The van der Waals surface area contributed by atoms with Crippen LogP contribution >= 0.6 is 11.8 Å². The molecule has 1 atom stereocenters. The monoisotopic (exact) mass is 951 g/mol. The van der Waals surface area contributed by atoms with Crippen LogP contribution in [0.5, 0.6) is 0 Å². The van der Waals surface area contributed by atoms with Crippen molar-refractivity contribution in [3.05, 3.63) is 11.8 Å². The standard InChI is InChI=1S/C43H75FN6O14S/c1-45-35(42(44)58)32-65-33-40(55)47-21-20-46-38(53)30-63-28-27-62-25-23-49-39(54)31-64-29-26-61-24-22-48-36(51)19-18-34(43(59)60)50-37(52)16-14-12-10-8-6-4-2-3-5-7-9-11-13-15-17-41(56)57/h18,35,45H,2-17,19-33H2,1H3,(H,46,53)(H,47,55)(H,48,51)(H,49,54)(H,50,52)(H,56,57)(H,59,60)/b34-18+/t35-/m0/s1. The molecule has 0 aromatic carbocycles. The summed E-state index contributed by atoms with van der Waals surface area (Å²) < 4.78 is 33.9. The highest BCUT2D eigenvalue weighted by Crippen LogP contribution is 2.14. The number of amides is 5. The minimum atomic E-state index is -1.49. The molecular formula is C43H75FN6O14S. The topological polar surface area (TPSA) is 286 Å². The summed E-state index contributed by atoms with van der Waals surface area (Å²) in [5.74, 6) is -3.79. The SMILES string of the molecule is CN[C@@H](CSCC(=O)NCCNC(=O)COCCOCCNC(=O)COCCOCCNC(=O)C/C=C(/NC(=O)CCCCCCCCCCCCCCCCC(=O)O)C(=O)O)C(=O)F. The Balaban J connectivity index is 3.72. The Morgan fingerprint density at radius 1 is 0.538 bits per heavy atom.